The molecule has 76 valence electrons. The number of hydrogen-bond acceptors (Lipinski definition) is 3. The molecule has 0 bridgehead atoms. The van der Waals surface area contributed by atoms with Crippen molar-refractivity contribution in [3.05, 3.63) is 0 Å². The molecule has 3 nitrogen and oxygen atoms in total. The predicted octanol–water partition coefficient (Wildman–Crippen LogP) is 0.402. The molecule has 3 heteroatoms. The van der Waals surface area contributed by atoms with Crippen molar-refractivity contribution in [3.8, 4) is 0 Å². The Bertz CT molecular complexity index is 191. The van der Waals surface area contributed by atoms with Crippen LogP contribution < -0.4 is 0 Å². The van der Waals surface area contributed by atoms with Gasteiger partial charge in [0.1, 0.15) is 0 Å². The number of rotatable bonds is 1. The third kappa shape index (κ3) is 1.49. The summed E-state index contributed by atoms with van der Waals surface area (Å²) in [5.41, 5.74) is -0.683. The first-order valence-electron chi connectivity index (χ1n) is 5.06. The molecule has 0 amide bonds. The molecule has 1 aliphatic carbocycles. The smallest absolute Gasteiger partial charge is 0.0676 e. The van der Waals surface area contributed by atoms with Crippen molar-refractivity contribution >= 4 is 0 Å². The summed E-state index contributed by atoms with van der Waals surface area (Å²) < 4.78 is 5.38. The second-order valence-electron chi connectivity index (χ2n) is 4.64. The summed E-state index contributed by atoms with van der Waals surface area (Å²) in [6.45, 7) is 3.49. The molecule has 13 heavy (non-hydrogen) atoms. The second-order valence-corrected chi connectivity index (χ2v) is 4.64. The highest BCUT2D eigenvalue weighted by Gasteiger charge is 2.50. The third-order valence-corrected chi connectivity index (χ3v) is 3.72. The van der Waals surface area contributed by atoms with Crippen LogP contribution in [0.15, 0.2) is 0 Å². The van der Waals surface area contributed by atoms with Gasteiger partial charge in [0.2, 0.25) is 0 Å². The quantitative estimate of drug-likeness (QED) is 0.623. The van der Waals surface area contributed by atoms with E-state index >= 15 is 0 Å². The van der Waals surface area contributed by atoms with Crippen LogP contribution in [0.5, 0.6) is 0 Å². The fourth-order valence-corrected chi connectivity index (χ4v) is 3.03. The Labute approximate surface area is 78.7 Å². The van der Waals surface area contributed by atoms with Gasteiger partial charge in [0.15, 0.2) is 0 Å². The molecule has 1 saturated heterocycles. The maximum absolute atomic E-state index is 10.1. The van der Waals surface area contributed by atoms with Gasteiger partial charge in [-0.1, -0.05) is 0 Å². The van der Waals surface area contributed by atoms with E-state index in [4.69, 9.17) is 4.74 Å². The summed E-state index contributed by atoms with van der Waals surface area (Å²) in [6.07, 6.45) is 1.77. The molecule has 2 rings (SSSR count). The third-order valence-electron chi connectivity index (χ3n) is 3.72. The molecule has 2 N–H and O–H groups in total. The van der Waals surface area contributed by atoms with Gasteiger partial charge in [-0.25, -0.2) is 0 Å². The minimum atomic E-state index is -0.683. The van der Waals surface area contributed by atoms with E-state index in [0.29, 0.717) is 11.8 Å². The van der Waals surface area contributed by atoms with Gasteiger partial charge in [-0.15, -0.1) is 0 Å². The van der Waals surface area contributed by atoms with Crippen LogP contribution in [0.1, 0.15) is 19.8 Å². The van der Waals surface area contributed by atoms with E-state index in [-0.39, 0.29) is 12.5 Å². The summed E-state index contributed by atoms with van der Waals surface area (Å²) in [5, 5.41) is 19.3. The zero-order valence-electron chi connectivity index (χ0n) is 8.07. The molecule has 1 saturated carbocycles. The summed E-state index contributed by atoms with van der Waals surface area (Å²) in [6, 6.07) is 0. The summed E-state index contributed by atoms with van der Waals surface area (Å²) >= 11 is 0. The van der Waals surface area contributed by atoms with Crippen LogP contribution in [0.2, 0.25) is 0 Å². The Balaban J connectivity index is 2.14. The van der Waals surface area contributed by atoms with E-state index in [2.05, 4.69) is 0 Å². The minimum Gasteiger partial charge on any atom is -0.396 e. The SMILES string of the molecule is CC1(O)C[C@H]2COCC[C@H]2[C@@H]1CO. The van der Waals surface area contributed by atoms with Crippen LogP contribution in [0, 0.1) is 17.8 Å². The van der Waals surface area contributed by atoms with Crippen LogP contribution in [-0.4, -0.2) is 35.6 Å². The normalized spacial score (nSPS) is 50.5. The zero-order chi connectivity index (χ0) is 9.47. The second kappa shape index (κ2) is 3.23. The minimum absolute atomic E-state index is 0.0569. The Kier molecular flexibility index (Phi) is 2.34. The number of aliphatic hydroxyl groups is 2. The summed E-state index contributed by atoms with van der Waals surface area (Å²) in [7, 11) is 0. The molecule has 0 spiro atoms. The highest BCUT2D eigenvalue weighted by atomic mass is 16.5. The Morgan fingerprint density at radius 2 is 2.31 bits per heavy atom. The van der Waals surface area contributed by atoms with Crippen molar-refractivity contribution in [2.75, 3.05) is 19.8 Å². The van der Waals surface area contributed by atoms with E-state index in [1.54, 1.807) is 0 Å². The van der Waals surface area contributed by atoms with Crippen molar-refractivity contribution in [2.45, 2.75) is 25.4 Å². The molecule has 2 aliphatic rings. The van der Waals surface area contributed by atoms with Gasteiger partial charge >= 0.3 is 0 Å². The standard InChI is InChI=1S/C10H18O3/c1-10(12)4-7-6-13-3-2-8(7)9(10)5-11/h7-9,11-12H,2-6H2,1H3/t7-,8+,9-,10?/m0/s1. The van der Waals surface area contributed by atoms with Crippen LogP contribution in [0.4, 0.5) is 0 Å². The van der Waals surface area contributed by atoms with Crippen molar-refractivity contribution in [3.63, 3.8) is 0 Å². The van der Waals surface area contributed by atoms with Crippen LogP contribution in [0.3, 0.4) is 0 Å². The van der Waals surface area contributed by atoms with Crippen LogP contribution in [-0.2, 0) is 4.74 Å². The van der Waals surface area contributed by atoms with Gasteiger partial charge in [-0.05, 0) is 31.6 Å². The maximum Gasteiger partial charge on any atom is 0.0676 e. The van der Waals surface area contributed by atoms with Gasteiger partial charge < -0.3 is 14.9 Å². The Morgan fingerprint density at radius 1 is 1.54 bits per heavy atom. The molecule has 0 aromatic heterocycles. The van der Waals surface area contributed by atoms with Gasteiger partial charge in [-0.2, -0.15) is 0 Å². The molecule has 0 aromatic rings. The predicted molar refractivity (Wildman–Crippen MR) is 48.2 cm³/mol. The lowest BCUT2D eigenvalue weighted by Gasteiger charge is -2.30. The number of aliphatic hydroxyl groups excluding tert-OH is 1. The van der Waals surface area contributed by atoms with E-state index in [0.717, 1.165) is 26.1 Å². The van der Waals surface area contributed by atoms with Crippen molar-refractivity contribution < 1.29 is 14.9 Å². The van der Waals surface area contributed by atoms with Gasteiger partial charge in [0.05, 0.1) is 5.60 Å². The van der Waals surface area contributed by atoms with Crippen molar-refractivity contribution in [2.24, 2.45) is 17.8 Å². The molecule has 2 fully saturated rings. The molecular formula is C10H18O3. The average molecular weight is 186 g/mol. The molecule has 1 heterocycles. The first kappa shape index (κ1) is 9.44. The molecule has 1 aliphatic heterocycles. The Morgan fingerprint density at radius 3 is 3.00 bits per heavy atom. The largest absolute Gasteiger partial charge is 0.396 e. The van der Waals surface area contributed by atoms with E-state index in [9.17, 15) is 10.2 Å². The van der Waals surface area contributed by atoms with Gasteiger partial charge in [-0.3, -0.25) is 0 Å². The zero-order valence-corrected chi connectivity index (χ0v) is 8.07. The summed E-state index contributed by atoms with van der Waals surface area (Å²) in [4.78, 5) is 0. The molecule has 0 radical (unpaired) electrons. The fraction of sp³-hybridized carbons (Fsp3) is 1.00. The van der Waals surface area contributed by atoms with Crippen molar-refractivity contribution in [1.82, 2.24) is 0 Å². The monoisotopic (exact) mass is 186 g/mol. The van der Waals surface area contributed by atoms with Gasteiger partial charge in [0.25, 0.3) is 0 Å². The highest BCUT2D eigenvalue weighted by Crippen LogP contribution is 2.47. The fourth-order valence-electron chi connectivity index (χ4n) is 3.03. The van der Waals surface area contributed by atoms with E-state index in [1.165, 1.54) is 0 Å². The first-order valence-corrected chi connectivity index (χ1v) is 5.06. The molecule has 1 unspecified atom stereocenters. The topological polar surface area (TPSA) is 49.7 Å². The van der Waals surface area contributed by atoms with Crippen LogP contribution in [0.25, 0.3) is 0 Å². The van der Waals surface area contributed by atoms with Gasteiger partial charge in [0, 0.05) is 25.7 Å². The molecular weight excluding hydrogens is 168 g/mol. The molecule has 4 atom stereocenters. The highest BCUT2D eigenvalue weighted by molar-refractivity contribution is 4.99. The molecule has 0 aromatic carbocycles. The van der Waals surface area contributed by atoms with E-state index in [1.807, 2.05) is 6.92 Å². The Hall–Kier alpha value is -0.120. The number of ether oxygens (including phenoxy) is 1. The first-order chi connectivity index (χ1) is 6.15. The lowest BCUT2D eigenvalue weighted by atomic mass is 9.83. The number of hydrogen-bond donors (Lipinski definition) is 2. The van der Waals surface area contributed by atoms with Crippen LogP contribution >= 0.6 is 0 Å². The average Bonchev–Trinajstić information content (AvgIpc) is 2.33. The lowest BCUT2D eigenvalue weighted by molar-refractivity contribution is -0.0227. The summed E-state index contributed by atoms with van der Waals surface area (Å²) in [5.74, 6) is 0.982. The number of fused-ring (bicyclic) bond motifs is 1. The maximum atomic E-state index is 10.1. The van der Waals surface area contributed by atoms with E-state index < -0.39 is 5.60 Å². The van der Waals surface area contributed by atoms with Crippen molar-refractivity contribution in [1.29, 1.82) is 0 Å². The lowest BCUT2D eigenvalue weighted by Crippen LogP contribution is -2.35.